The lowest BCUT2D eigenvalue weighted by molar-refractivity contribution is -0.137. The molecular weight excluding hydrogens is 339 g/mol. The van der Waals surface area contributed by atoms with Gasteiger partial charge in [-0.25, -0.2) is 8.42 Å². The van der Waals surface area contributed by atoms with Crippen molar-refractivity contribution in [2.45, 2.75) is 11.1 Å². The summed E-state index contributed by atoms with van der Waals surface area (Å²) >= 11 is 0. The van der Waals surface area contributed by atoms with E-state index < -0.39 is 21.8 Å². The molecule has 124 valence electrons. The topological polar surface area (TPSA) is 46.2 Å². The highest BCUT2D eigenvalue weighted by Crippen LogP contribution is 2.30. The molecule has 0 fully saturated rings. The molecule has 0 heterocycles. The highest BCUT2D eigenvalue weighted by Gasteiger charge is 2.30. The second-order valence-corrected chi connectivity index (χ2v) is 6.87. The number of sulfonamides is 1. The molecule has 3 aromatic carbocycles. The second-order valence-electron chi connectivity index (χ2n) is 5.19. The number of hydrogen-bond acceptors (Lipinski definition) is 2. The number of rotatable bonds is 3. The van der Waals surface area contributed by atoms with Crippen LogP contribution in [0.4, 0.5) is 18.9 Å². The molecule has 0 saturated carbocycles. The van der Waals surface area contributed by atoms with Gasteiger partial charge in [0.2, 0.25) is 0 Å². The zero-order valence-electron chi connectivity index (χ0n) is 12.2. The van der Waals surface area contributed by atoms with Gasteiger partial charge in [0.1, 0.15) is 0 Å². The quantitative estimate of drug-likeness (QED) is 0.746. The van der Waals surface area contributed by atoms with Crippen molar-refractivity contribution in [1.82, 2.24) is 0 Å². The fourth-order valence-electron chi connectivity index (χ4n) is 2.28. The Morgan fingerprint density at radius 3 is 2.04 bits per heavy atom. The van der Waals surface area contributed by atoms with E-state index in [1.54, 1.807) is 18.2 Å². The van der Waals surface area contributed by atoms with Gasteiger partial charge in [-0.15, -0.1) is 0 Å². The Labute approximate surface area is 136 Å². The molecule has 0 aliphatic rings. The predicted molar refractivity (Wildman–Crippen MR) is 86.2 cm³/mol. The average Bonchev–Trinajstić information content (AvgIpc) is 2.53. The molecule has 1 N–H and O–H groups in total. The van der Waals surface area contributed by atoms with Gasteiger partial charge in [0.15, 0.2) is 0 Å². The number of halogens is 3. The van der Waals surface area contributed by atoms with E-state index in [1.165, 1.54) is 12.1 Å². The van der Waals surface area contributed by atoms with E-state index in [1.807, 2.05) is 12.1 Å². The van der Waals surface area contributed by atoms with Crippen LogP contribution >= 0.6 is 0 Å². The molecule has 3 nitrogen and oxygen atoms in total. The van der Waals surface area contributed by atoms with Crippen LogP contribution in [0, 0.1) is 0 Å². The molecule has 0 unspecified atom stereocenters. The van der Waals surface area contributed by atoms with Crippen LogP contribution in [0.1, 0.15) is 5.56 Å². The van der Waals surface area contributed by atoms with Crippen molar-refractivity contribution in [3.05, 3.63) is 72.3 Å². The van der Waals surface area contributed by atoms with Crippen molar-refractivity contribution in [2.24, 2.45) is 0 Å². The maximum absolute atomic E-state index is 12.5. The molecule has 0 spiro atoms. The summed E-state index contributed by atoms with van der Waals surface area (Å²) < 4.78 is 64.7. The van der Waals surface area contributed by atoms with E-state index in [0.717, 1.165) is 35.0 Å². The van der Waals surface area contributed by atoms with Crippen molar-refractivity contribution in [1.29, 1.82) is 0 Å². The Bertz CT molecular complexity index is 981. The Hall–Kier alpha value is -2.54. The third-order valence-electron chi connectivity index (χ3n) is 3.50. The van der Waals surface area contributed by atoms with Gasteiger partial charge in [-0.05, 0) is 47.2 Å². The molecule has 0 amide bonds. The number of fused-ring (bicyclic) bond motifs is 1. The van der Waals surface area contributed by atoms with E-state index in [4.69, 9.17) is 0 Å². The maximum atomic E-state index is 12.5. The number of alkyl halides is 3. The molecule has 3 aromatic rings. The first-order valence-corrected chi connectivity index (χ1v) is 8.43. The van der Waals surface area contributed by atoms with Crippen molar-refractivity contribution < 1.29 is 21.6 Å². The number of nitrogens with one attached hydrogen (secondary N) is 1. The summed E-state index contributed by atoms with van der Waals surface area (Å²) in [4.78, 5) is 0.0427. The van der Waals surface area contributed by atoms with Gasteiger partial charge >= 0.3 is 6.18 Å². The zero-order valence-corrected chi connectivity index (χ0v) is 13.0. The van der Waals surface area contributed by atoms with Crippen LogP contribution in [-0.4, -0.2) is 8.42 Å². The largest absolute Gasteiger partial charge is 0.416 e. The predicted octanol–water partition coefficient (Wildman–Crippen LogP) is 4.66. The van der Waals surface area contributed by atoms with Crippen molar-refractivity contribution in [3.8, 4) is 0 Å². The van der Waals surface area contributed by atoms with E-state index >= 15 is 0 Å². The monoisotopic (exact) mass is 351 g/mol. The number of hydrogen-bond donors (Lipinski definition) is 1. The van der Waals surface area contributed by atoms with Crippen LogP contribution in [0.3, 0.4) is 0 Å². The summed E-state index contributed by atoms with van der Waals surface area (Å²) in [5.74, 6) is 0. The van der Waals surface area contributed by atoms with Crippen LogP contribution in [0.15, 0.2) is 71.6 Å². The first-order valence-electron chi connectivity index (χ1n) is 6.95. The summed E-state index contributed by atoms with van der Waals surface area (Å²) in [6.07, 6.45) is -4.46. The van der Waals surface area contributed by atoms with Gasteiger partial charge in [0, 0.05) is 5.69 Å². The summed E-state index contributed by atoms with van der Waals surface area (Å²) in [5, 5.41) is 1.65. The first-order chi connectivity index (χ1) is 11.3. The third kappa shape index (κ3) is 3.35. The smallest absolute Gasteiger partial charge is 0.280 e. The maximum Gasteiger partial charge on any atom is 0.416 e. The molecule has 3 rings (SSSR count). The summed E-state index contributed by atoms with van der Waals surface area (Å²) in [7, 11) is -3.88. The Morgan fingerprint density at radius 1 is 0.792 bits per heavy atom. The van der Waals surface area contributed by atoms with Gasteiger partial charge in [-0.3, -0.25) is 4.72 Å². The van der Waals surface area contributed by atoms with Crippen LogP contribution < -0.4 is 4.72 Å². The van der Waals surface area contributed by atoms with Gasteiger partial charge in [-0.1, -0.05) is 30.3 Å². The minimum Gasteiger partial charge on any atom is -0.280 e. The van der Waals surface area contributed by atoms with Crippen molar-refractivity contribution in [3.63, 3.8) is 0 Å². The van der Waals surface area contributed by atoms with Crippen LogP contribution in [0.25, 0.3) is 10.8 Å². The Kier molecular flexibility index (Phi) is 3.96. The standard InChI is InChI=1S/C17H12F3NO2S/c18-17(19,20)14-6-8-15(9-7-14)21-24(22,23)16-10-5-12-3-1-2-4-13(12)11-16/h1-11,21H. The number of benzene rings is 3. The highest BCUT2D eigenvalue weighted by molar-refractivity contribution is 7.92. The molecule has 0 aliphatic carbocycles. The zero-order chi connectivity index (χ0) is 17.4. The minimum atomic E-state index is -4.46. The van der Waals surface area contributed by atoms with Crippen LogP contribution in [0.2, 0.25) is 0 Å². The summed E-state index contributed by atoms with van der Waals surface area (Å²) in [5.41, 5.74) is -0.771. The second kappa shape index (κ2) is 5.83. The molecule has 0 radical (unpaired) electrons. The van der Waals surface area contributed by atoms with Crippen LogP contribution in [0.5, 0.6) is 0 Å². The normalized spacial score (nSPS) is 12.3. The summed E-state index contributed by atoms with van der Waals surface area (Å²) in [6, 6.07) is 15.8. The van der Waals surface area contributed by atoms with Crippen LogP contribution in [-0.2, 0) is 16.2 Å². The lowest BCUT2D eigenvalue weighted by Gasteiger charge is -2.11. The number of anilines is 1. The molecule has 0 aliphatic heterocycles. The third-order valence-corrected chi connectivity index (χ3v) is 4.87. The van der Waals surface area contributed by atoms with Gasteiger partial charge in [0.25, 0.3) is 10.0 Å². The SMILES string of the molecule is O=S(=O)(Nc1ccc(C(F)(F)F)cc1)c1ccc2ccccc2c1. The van der Waals surface area contributed by atoms with E-state index in [-0.39, 0.29) is 10.6 Å². The van der Waals surface area contributed by atoms with E-state index in [0.29, 0.717) is 0 Å². The molecule has 0 saturated heterocycles. The minimum absolute atomic E-state index is 0.0427. The molecular formula is C17H12F3NO2S. The lowest BCUT2D eigenvalue weighted by atomic mass is 10.1. The lowest BCUT2D eigenvalue weighted by Crippen LogP contribution is -2.13. The van der Waals surface area contributed by atoms with Crippen molar-refractivity contribution >= 4 is 26.5 Å². The van der Waals surface area contributed by atoms with Gasteiger partial charge < -0.3 is 0 Å². The molecule has 0 atom stereocenters. The first kappa shape index (κ1) is 16.3. The molecule has 24 heavy (non-hydrogen) atoms. The fraction of sp³-hybridized carbons (Fsp3) is 0.0588. The fourth-order valence-corrected chi connectivity index (χ4v) is 3.37. The highest BCUT2D eigenvalue weighted by atomic mass is 32.2. The van der Waals surface area contributed by atoms with E-state index in [2.05, 4.69) is 4.72 Å². The average molecular weight is 351 g/mol. The Balaban J connectivity index is 1.89. The van der Waals surface area contributed by atoms with E-state index in [9.17, 15) is 21.6 Å². The van der Waals surface area contributed by atoms with Gasteiger partial charge in [-0.2, -0.15) is 13.2 Å². The summed E-state index contributed by atoms with van der Waals surface area (Å²) in [6.45, 7) is 0. The molecule has 7 heteroatoms. The molecule has 0 bridgehead atoms. The van der Waals surface area contributed by atoms with Gasteiger partial charge in [0.05, 0.1) is 10.5 Å². The van der Waals surface area contributed by atoms with Crippen molar-refractivity contribution in [2.75, 3.05) is 4.72 Å². The Morgan fingerprint density at radius 2 is 1.42 bits per heavy atom. The molecule has 0 aromatic heterocycles.